The SMILES string of the molecule is COc1ccc(C2=CCN(C(=O)NCc3ccccc3OC)CC2)cc1. The number of carbonyl (C=O) groups excluding carboxylic acids is 1. The molecule has 0 aromatic heterocycles. The minimum absolute atomic E-state index is 0.0547. The van der Waals surface area contributed by atoms with Crippen molar-refractivity contribution in [1.29, 1.82) is 0 Å². The summed E-state index contributed by atoms with van der Waals surface area (Å²) in [6.45, 7) is 1.77. The van der Waals surface area contributed by atoms with Gasteiger partial charge in [-0.3, -0.25) is 0 Å². The van der Waals surface area contributed by atoms with E-state index in [0.29, 0.717) is 19.6 Å². The Morgan fingerprint density at radius 1 is 1.08 bits per heavy atom. The summed E-state index contributed by atoms with van der Waals surface area (Å²) in [7, 11) is 3.30. The Balaban J connectivity index is 1.56. The number of benzene rings is 2. The van der Waals surface area contributed by atoms with Gasteiger partial charge in [0.1, 0.15) is 11.5 Å². The van der Waals surface area contributed by atoms with Gasteiger partial charge in [0.2, 0.25) is 0 Å². The van der Waals surface area contributed by atoms with E-state index in [4.69, 9.17) is 9.47 Å². The predicted molar refractivity (Wildman–Crippen MR) is 102 cm³/mol. The summed E-state index contributed by atoms with van der Waals surface area (Å²) in [5, 5.41) is 2.97. The molecule has 2 aromatic carbocycles. The fraction of sp³-hybridized carbons (Fsp3) is 0.286. The van der Waals surface area contributed by atoms with E-state index in [2.05, 4.69) is 23.5 Å². The third-order valence-electron chi connectivity index (χ3n) is 4.58. The van der Waals surface area contributed by atoms with Crippen LogP contribution in [-0.2, 0) is 6.54 Å². The highest BCUT2D eigenvalue weighted by Gasteiger charge is 2.18. The lowest BCUT2D eigenvalue weighted by Crippen LogP contribution is -2.41. The van der Waals surface area contributed by atoms with E-state index in [1.807, 2.05) is 41.3 Å². The third kappa shape index (κ3) is 4.17. The fourth-order valence-electron chi connectivity index (χ4n) is 3.05. The van der Waals surface area contributed by atoms with Gasteiger partial charge in [-0.1, -0.05) is 36.4 Å². The molecule has 5 nitrogen and oxygen atoms in total. The molecular weight excluding hydrogens is 328 g/mol. The minimum atomic E-state index is -0.0547. The average molecular weight is 352 g/mol. The number of nitrogens with zero attached hydrogens (tertiary/aromatic N) is 1. The Bertz CT molecular complexity index is 784. The molecule has 26 heavy (non-hydrogen) atoms. The molecule has 1 aliphatic rings. The standard InChI is InChI=1S/C21H24N2O3/c1-25-19-9-7-16(8-10-19)17-11-13-23(14-12-17)21(24)22-15-18-5-3-4-6-20(18)26-2/h3-11H,12-15H2,1-2H3,(H,22,24). The molecule has 0 saturated heterocycles. The van der Waals surface area contributed by atoms with Crippen LogP contribution in [-0.4, -0.2) is 38.2 Å². The van der Waals surface area contributed by atoms with Gasteiger partial charge in [-0.15, -0.1) is 0 Å². The van der Waals surface area contributed by atoms with Crippen LogP contribution < -0.4 is 14.8 Å². The van der Waals surface area contributed by atoms with Crippen LogP contribution in [0.25, 0.3) is 5.57 Å². The van der Waals surface area contributed by atoms with E-state index in [9.17, 15) is 4.79 Å². The van der Waals surface area contributed by atoms with Crippen molar-refractivity contribution >= 4 is 11.6 Å². The van der Waals surface area contributed by atoms with Crippen molar-refractivity contribution in [3.8, 4) is 11.5 Å². The van der Waals surface area contributed by atoms with Crippen LogP contribution in [0.4, 0.5) is 4.79 Å². The van der Waals surface area contributed by atoms with E-state index in [1.54, 1.807) is 14.2 Å². The topological polar surface area (TPSA) is 50.8 Å². The van der Waals surface area contributed by atoms with Crippen LogP contribution in [0.3, 0.4) is 0 Å². The molecule has 136 valence electrons. The van der Waals surface area contributed by atoms with Crippen LogP contribution in [0.2, 0.25) is 0 Å². The normalized spacial score (nSPS) is 13.8. The molecule has 0 saturated carbocycles. The number of para-hydroxylation sites is 1. The van der Waals surface area contributed by atoms with E-state index >= 15 is 0 Å². The van der Waals surface area contributed by atoms with Crippen molar-refractivity contribution in [2.75, 3.05) is 27.3 Å². The first kappa shape index (κ1) is 17.9. The highest BCUT2D eigenvalue weighted by atomic mass is 16.5. The first-order chi connectivity index (χ1) is 12.7. The van der Waals surface area contributed by atoms with Gasteiger partial charge in [-0.25, -0.2) is 4.79 Å². The monoisotopic (exact) mass is 352 g/mol. The highest BCUT2D eigenvalue weighted by molar-refractivity contribution is 5.76. The largest absolute Gasteiger partial charge is 0.497 e. The fourth-order valence-corrected chi connectivity index (χ4v) is 3.05. The first-order valence-electron chi connectivity index (χ1n) is 8.69. The van der Waals surface area contributed by atoms with E-state index < -0.39 is 0 Å². The molecule has 0 bridgehead atoms. The second-order valence-electron chi connectivity index (χ2n) is 6.12. The number of carbonyl (C=O) groups is 1. The number of ether oxygens (including phenoxy) is 2. The van der Waals surface area contributed by atoms with E-state index in [1.165, 1.54) is 11.1 Å². The van der Waals surface area contributed by atoms with Crippen molar-refractivity contribution in [1.82, 2.24) is 10.2 Å². The number of hydrogen-bond acceptors (Lipinski definition) is 3. The Hall–Kier alpha value is -2.95. The van der Waals surface area contributed by atoms with Crippen molar-refractivity contribution in [3.05, 3.63) is 65.7 Å². The summed E-state index contributed by atoms with van der Waals surface area (Å²) in [5.41, 5.74) is 3.41. The Kier molecular flexibility index (Phi) is 5.79. The lowest BCUT2D eigenvalue weighted by Gasteiger charge is -2.27. The Morgan fingerprint density at radius 2 is 1.85 bits per heavy atom. The van der Waals surface area contributed by atoms with Crippen LogP contribution in [0, 0.1) is 0 Å². The van der Waals surface area contributed by atoms with Gasteiger partial charge in [0, 0.05) is 25.2 Å². The molecule has 0 unspecified atom stereocenters. The summed E-state index contributed by atoms with van der Waals surface area (Å²) >= 11 is 0. The molecule has 0 atom stereocenters. The number of methoxy groups -OCH3 is 2. The molecule has 0 fully saturated rings. The smallest absolute Gasteiger partial charge is 0.317 e. The summed E-state index contributed by atoms with van der Waals surface area (Å²) in [6.07, 6.45) is 2.96. The van der Waals surface area contributed by atoms with Crippen molar-refractivity contribution in [3.63, 3.8) is 0 Å². The van der Waals surface area contributed by atoms with Crippen molar-refractivity contribution < 1.29 is 14.3 Å². The zero-order valence-corrected chi connectivity index (χ0v) is 15.2. The molecule has 0 radical (unpaired) electrons. The zero-order chi connectivity index (χ0) is 18.4. The van der Waals surface area contributed by atoms with Gasteiger partial charge in [-0.05, 0) is 35.8 Å². The van der Waals surface area contributed by atoms with Crippen LogP contribution in [0.1, 0.15) is 17.5 Å². The molecule has 1 aliphatic heterocycles. The Morgan fingerprint density at radius 3 is 2.50 bits per heavy atom. The van der Waals surface area contributed by atoms with Gasteiger partial charge in [-0.2, -0.15) is 0 Å². The molecule has 0 aliphatic carbocycles. The van der Waals surface area contributed by atoms with Crippen LogP contribution in [0.5, 0.6) is 11.5 Å². The lowest BCUT2D eigenvalue weighted by atomic mass is 9.99. The van der Waals surface area contributed by atoms with Gasteiger partial charge >= 0.3 is 6.03 Å². The molecule has 2 aromatic rings. The van der Waals surface area contributed by atoms with Crippen molar-refractivity contribution in [2.45, 2.75) is 13.0 Å². The zero-order valence-electron chi connectivity index (χ0n) is 15.2. The van der Waals surface area contributed by atoms with Gasteiger partial charge < -0.3 is 19.7 Å². The number of urea groups is 1. The maximum absolute atomic E-state index is 12.4. The Labute approximate surface area is 154 Å². The van der Waals surface area contributed by atoms with Crippen molar-refractivity contribution in [2.24, 2.45) is 0 Å². The maximum Gasteiger partial charge on any atom is 0.317 e. The molecule has 3 rings (SSSR count). The summed E-state index contributed by atoms with van der Waals surface area (Å²) in [4.78, 5) is 14.2. The molecule has 2 amide bonds. The summed E-state index contributed by atoms with van der Waals surface area (Å²) < 4.78 is 10.5. The number of rotatable bonds is 5. The maximum atomic E-state index is 12.4. The molecule has 5 heteroatoms. The van der Waals surface area contributed by atoms with E-state index in [0.717, 1.165) is 23.5 Å². The van der Waals surface area contributed by atoms with Crippen LogP contribution >= 0.6 is 0 Å². The number of nitrogens with one attached hydrogen (secondary N) is 1. The quantitative estimate of drug-likeness (QED) is 0.893. The first-order valence-corrected chi connectivity index (χ1v) is 8.69. The second-order valence-corrected chi connectivity index (χ2v) is 6.12. The third-order valence-corrected chi connectivity index (χ3v) is 4.58. The summed E-state index contributed by atoms with van der Waals surface area (Å²) in [6, 6.07) is 15.7. The molecular formula is C21H24N2O3. The van der Waals surface area contributed by atoms with Gasteiger partial charge in [0.15, 0.2) is 0 Å². The predicted octanol–water partition coefficient (Wildman–Crippen LogP) is 3.70. The van der Waals surface area contributed by atoms with Crippen LogP contribution in [0.15, 0.2) is 54.6 Å². The van der Waals surface area contributed by atoms with Gasteiger partial charge in [0.25, 0.3) is 0 Å². The molecule has 1 N–H and O–H groups in total. The number of amides is 2. The average Bonchev–Trinajstić information content (AvgIpc) is 2.72. The lowest BCUT2D eigenvalue weighted by molar-refractivity contribution is 0.202. The number of hydrogen-bond donors (Lipinski definition) is 1. The van der Waals surface area contributed by atoms with E-state index in [-0.39, 0.29) is 6.03 Å². The van der Waals surface area contributed by atoms with Gasteiger partial charge in [0.05, 0.1) is 14.2 Å². The second kappa shape index (κ2) is 8.43. The summed E-state index contributed by atoms with van der Waals surface area (Å²) in [5.74, 6) is 1.63. The molecule has 1 heterocycles. The minimum Gasteiger partial charge on any atom is -0.497 e. The molecule has 0 spiro atoms. The highest BCUT2D eigenvalue weighted by Crippen LogP contribution is 2.24.